The van der Waals surface area contributed by atoms with Crippen LogP contribution in [0.4, 0.5) is 0 Å². The topological polar surface area (TPSA) is 89.9 Å². The van der Waals surface area contributed by atoms with Gasteiger partial charge in [0.1, 0.15) is 21.9 Å². The summed E-state index contributed by atoms with van der Waals surface area (Å²) in [7, 11) is 0. The minimum atomic E-state index is -0.694. The van der Waals surface area contributed by atoms with Crippen molar-refractivity contribution < 1.29 is 4.74 Å². The third-order valence-corrected chi connectivity index (χ3v) is 3.37. The van der Waals surface area contributed by atoms with Crippen LogP contribution in [0.2, 0.25) is 10.0 Å². The highest BCUT2D eigenvalue weighted by Gasteiger charge is 2.14. The molecule has 0 bridgehead atoms. The second-order valence-corrected chi connectivity index (χ2v) is 5.17. The SMILES string of the molecule is O=c1cnn(-c2ccccc2Oc2c(Cl)cncc2Cl)c(=O)[nH]1. The van der Waals surface area contributed by atoms with Gasteiger partial charge in [-0.1, -0.05) is 35.3 Å². The Balaban J connectivity index is 2.12. The molecule has 3 rings (SSSR count). The van der Waals surface area contributed by atoms with Crippen molar-refractivity contribution in [3.63, 3.8) is 0 Å². The van der Waals surface area contributed by atoms with E-state index in [4.69, 9.17) is 27.9 Å². The lowest BCUT2D eigenvalue weighted by atomic mass is 10.3. The molecule has 0 radical (unpaired) electrons. The molecule has 0 atom stereocenters. The van der Waals surface area contributed by atoms with Crippen LogP contribution < -0.4 is 16.0 Å². The molecule has 0 saturated carbocycles. The van der Waals surface area contributed by atoms with Gasteiger partial charge in [-0.25, -0.2) is 4.79 Å². The molecule has 0 aliphatic carbocycles. The lowest BCUT2D eigenvalue weighted by Crippen LogP contribution is -2.30. The molecule has 0 fully saturated rings. The molecule has 0 saturated heterocycles. The first-order valence-corrected chi connectivity index (χ1v) is 7.07. The normalized spacial score (nSPS) is 10.5. The maximum Gasteiger partial charge on any atom is 0.349 e. The number of ether oxygens (including phenoxy) is 1. The number of hydrogen-bond acceptors (Lipinski definition) is 5. The zero-order valence-electron chi connectivity index (χ0n) is 11.4. The van der Waals surface area contributed by atoms with Gasteiger partial charge in [0.25, 0.3) is 5.56 Å². The number of para-hydroxylation sites is 2. The Bertz CT molecular complexity index is 964. The molecular weight excluding hydrogens is 343 g/mol. The number of hydrogen-bond donors (Lipinski definition) is 1. The van der Waals surface area contributed by atoms with Crippen LogP contribution in [0.15, 0.2) is 52.4 Å². The van der Waals surface area contributed by atoms with Crippen molar-refractivity contribution in [1.82, 2.24) is 19.7 Å². The van der Waals surface area contributed by atoms with Crippen molar-refractivity contribution in [2.24, 2.45) is 0 Å². The fraction of sp³-hybridized carbons (Fsp3) is 0. The molecule has 1 aromatic carbocycles. The molecule has 2 aromatic heterocycles. The van der Waals surface area contributed by atoms with Gasteiger partial charge in [-0.3, -0.25) is 14.8 Å². The first-order valence-electron chi connectivity index (χ1n) is 6.31. The Morgan fingerprint density at radius 2 is 1.74 bits per heavy atom. The van der Waals surface area contributed by atoms with Crippen LogP contribution in [0.3, 0.4) is 0 Å². The van der Waals surface area contributed by atoms with Crippen molar-refractivity contribution in [3.05, 3.63) is 73.7 Å². The van der Waals surface area contributed by atoms with E-state index in [1.54, 1.807) is 24.3 Å². The highest BCUT2D eigenvalue weighted by Crippen LogP contribution is 2.36. The number of rotatable bonds is 3. The molecule has 0 unspecified atom stereocenters. The Morgan fingerprint density at radius 3 is 2.43 bits per heavy atom. The maximum atomic E-state index is 11.9. The molecule has 1 N–H and O–H groups in total. The number of nitrogens with one attached hydrogen (secondary N) is 1. The number of nitrogens with zero attached hydrogens (tertiary/aromatic N) is 3. The van der Waals surface area contributed by atoms with Gasteiger partial charge in [-0.05, 0) is 12.1 Å². The predicted molar refractivity (Wildman–Crippen MR) is 84.8 cm³/mol. The van der Waals surface area contributed by atoms with Crippen molar-refractivity contribution in [1.29, 1.82) is 0 Å². The zero-order chi connectivity index (χ0) is 16.4. The maximum absolute atomic E-state index is 11.9. The minimum absolute atomic E-state index is 0.202. The average molecular weight is 351 g/mol. The molecular formula is C14H8Cl2N4O3. The smallest absolute Gasteiger partial charge is 0.349 e. The van der Waals surface area contributed by atoms with Crippen LogP contribution in [0.1, 0.15) is 0 Å². The van der Waals surface area contributed by atoms with E-state index >= 15 is 0 Å². The second kappa shape index (κ2) is 6.23. The van der Waals surface area contributed by atoms with Crippen LogP contribution in [-0.2, 0) is 0 Å². The van der Waals surface area contributed by atoms with E-state index in [9.17, 15) is 9.59 Å². The fourth-order valence-electron chi connectivity index (χ4n) is 1.85. The Morgan fingerprint density at radius 1 is 1.04 bits per heavy atom. The van der Waals surface area contributed by atoms with Crippen LogP contribution in [-0.4, -0.2) is 19.7 Å². The third-order valence-electron chi connectivity index (χ3n) is 2.83. The van der Waals surface area contributed by atoms with Gasteiger partial charge in [-0.15, -0.1) is 0 Å². The molecule has 0 aliphatic rings. The summed E-state index contributed by atoms with van der Waals surface area (Å²) in [4.78, 5) is 29.0. The van der Waals surface area contributed by atoms with E-state index in [2.05, 4.69) is 15.1 Å². The molecule has 2 heterocycles. The van der Waals surface area contributed by atoms with Gasteiger partial charge in [0, 0.05) is 12.4 Å². The Labute approximate surface area is 139 Å². The molecule has 7 nitrogen and oxygen atoms in total. The molecule has 0 aliphatic heterocycles. The van der Waals surface area contributed by atoms with Crippen LogP contribution >= 0.6 is 23.2 Å². The predicted octanol–water partition coefficient (Wildman–Crippen LogP) is 2.41. The van der Waals surface area contributed by atoms with Gasteiger partial charge >= 0.3 is 5.69 Å². The number of halogens is 2. The largest absolute Gasteiger partial charge is 0.452 e. The summed E-state index contributed by atoms with van der Waals surface area (Å²) in [6.07, 6.45) is 3.76. The van der Waals surface area contributed by atoms with E-state index in [-0.39, 0.29) is 21.5 Å². The van der Waals surface area contributed by atoms with E-state index in [1.165, 1.54) is 12.4 Å². The van der Waals surface area contributed by atoms with Gasteiger partial charge in [0.2, 0.25) is 0 Å². The lowest BCUT2D eigenvalue weighted by molar-refractivity contribution is 0.476. The fourth-order valence-corrected chi connectivity index (χ4v) is 2.29. The summed E-state index contributed by atoms with van der Waals surface area (Å²) in [6, 6.07) is 6.61. The van der Waals surface area contributed by atoms with Gasteiger partial charge in [0.15, 0.2) is 11.5 Å². The van der Waals surface area contributed by atoms with E-state index in [0.29, 0.717) is 5.69 Å². The Hall–Kier alpha value is -2.64. The van der Waals surface area contributed by atoms with E-state index in [0.717, 1.165) is 10.9 Å². The molecule has 9 heteroatoms. The molecule has 23 heavy (non-hydrogen) atoms. The molecule has 3 aromatic rings. The summed E-state index contributed by atoms with van der Waals surface area (Å²) in [5.41, 5.74) is -0.969. The summed E-state index contributed by atoms with van der Waals surface area (Å²) in [6.45, 7) is 0. The number of pyridine rings is 1. The van der Waals surface area contributed by atoms with Gasteiger partial charge in [0.05, 0.1) is 0 Å². The third kappa shape index (κ3) is 3.10. The minimum Gasteiger partial charge on any atom is -0.452 e. The quantitative estimate of drug-likeness (QED) is 0.783. The standard InChI is InChI=1S/C14H8Cl2N4O3/c15-8-5-17-6-9(16)13(8)23-11-4-2-1-3-10(11)20-14(22)19-12(21)7-18-20/h1-7H,(H,19,21,22). The molecule has 0 amide bonds. The van der Waals surface area contributed by atoms with E-state index < -0.39 is 11.2 Å². The van der Waals surface area contributed by atoms with Crippen molar-refractivity contribution >= 4 is 23.2 Å². The number of benzene rings is 1. The summed E-state index contributed by atoms with van der Waals surface area (Å²) < 4.78 is 6.71. The van der Waals surface area contributed by atoms with Crippen molar-refractivity contribution in [2.75, 3.05) is 0 Å². The molecule has 116 valence electrons. The highest BCUT2D eigenvalue weighted by molar-refractivity contribution is 6.36. The van der Waals surface area contributed by atoms with Crippen molar-refractivity contribution in [3.8, 4) is 17.2 Å². The van der Waals surface area contributed by atoms with Crippen LogP contribution in [0.5, 0.6) is 11.5 Å². The first kappa shape index (κ1) is 15.3. The van der Waals surface area contributed by atoms with Crippen LogP contribution in [0, 0.1) is 0 Å². The monoisotopic (exact) mass is 350 g/mol. The van der Waals surface area contributed by atoms with Gasteiger partial charge in [-0.2, -0.15) is 9.78 Å². The molecule has 0 spiro atoms. The van der Waals surface area contributed by atoms with Crippen molar-refractivity contribution in [2.45, 2.75) is 0 Å². The second-order valence-electron chi connectivity index (χ2n) is 4.35. The number of aromatic nitrogens is 4. The first-order chi connectivity index (χ1) is 11.1. The van der Waals surface area contributed by atoms with E-state index in [1.807, 2.05) is 0 Å². The highest BCUT2D eigenvalue weighted by atomic mass is 35.5. The lowest BCUT2D eigenvalue weighted by Gasteiger charge is -2.13. The zero-order valence-corrected chi connectivity index (χ0v) is 12.9. The summed E-state index contributed by atoms with van der Waals surface area (Å²) >= 11 is 12.1. The number of aromatic amines is 1. The van der Waals surface area contributed by atoms with Gasteiger partial charge < -0.3 is 4.74 Å². The number of H-pyrrole nitrogens is 1. The Kier molecular flexibility index (Phi) is 4.14. The van der Waals surface area contributed by atoms with Crippen LogP contribution in [0.25, 0.3) is 5.69 Å². The summed E-state index contributed by atoms with van der Waals surface area (Å²) in [5.74, 6) is 0.484. The average Bonchev–Trinajstić information content (AvgIpc) is 2.52. The summed E-state index contributed by atoms with van der Waals surface area (Å²) in [5, 5.41) is 4.23.